The van der Waals surface area contributed by atoms with Crippen LogP contribution in [-0.4, -0.2) is 44.4 Å². The molecular formula is C22H29BrN6O3. The number of nitrogens with one attached hydrogen (secondary N) is 3. The number of hydrogen-bond donors (Lipinski definition) is 3. The summed E-state index contributed by atoms with van der Waals surface area (Å²) in [7, 11) is 1.83. The number of halogens is 1. The van der Waals surface area contributed by atoms with Gasteiger partial charge in [0.1, 0.15) is 11.4 Å². The van der Waals surface area contributed by atoms with Gasteiger partial charge in [0.2, 0.25) is 0 Å². The summed E-state index contributed by atoms with van der Waals surface area (Å²) in [6, 6.07) is -0.0907. The number of pyridine rings is 1. The van der Waals surface area contributed by atoms with E-state index in [0.717, 1.165) is 41.3 Å². The molecule has 2 atom stereocenters. The Morgan fingerprint density at radius 2 is 2.00 bits per heavy atom. The molecule has 2 unspecified atom stereocenters. The molecule has 2 amide bonds. The summed E-state index contributed by atoms with van der Waals surface area (Å²) in [5.74, 6) is 0.516. The van der Waals surface area contributed by atoms with Gasteiger partial charge >= 0.3 is 6.09 Å². The van der Waals surface area contributed by atoms with Gasteiger partial charge in [0, 0.05) is 37.0 Å². The molecule has 10 heteroatoms. The largest absolute Gasteiger partial charge is 0.444 e. The van der Waals surface area contributed by atoms with Crippen molar-refractivity contribution in [3.05, 3.63) is 28.0 Å². The quantitative estimate of drug-likeness (QED) is 0.584. The SMILES string of the molecule is Cn1cc(-c2nc(NC3CCCCC3NC(=O)OC(C)(C)C)c(Br)c3c2C(=O)NC3)cn1. The van der Waals surface area contributed by atoms with Crippen molar-refractivity contribution >= 4 is 33.7 Å². The average Bonchev–Trinajstić information content (AvgIpc) is 3.30. The zero-order chi connectivity index (χ0) is 23.0. The summed E-state index contributed by atoms with van der Waals surface area (Å²) < 4.78 is 7.91. The summed E-state index contributed by atoms with van der Waals surface area (Å²) in [4.78, 5) is 29.7. The maximum atomic E-state index is 12.5. The topological polar surface area (TPSA) is 110 Å². The highest BCUT2D eigenvalue weighted by atomic mass is 79.9. The van der Waals surface area contributed by atoms with Crippen molar-refractivity contribution in [2.75, 3.05) is 5.32 Å². The van der Waals surface area contributed by atoms with E-state index in [1.165, 1.54) is 0 Å². The number of anilines is 1. The van der Waals surface area contributed by atoms with E-state index in [2.05, 4.69) is 37.0 Å². The molecule has 0 saturated heterocycles. The van der Waals surface area contributed by atoms with E-state index in [-0.39, 0.29) is 18.0 Å². The minimum Gasteiger partial charge on any atom is -0.444 e. The number of nitrogens with zero attached hydrogens (tertiary/aromatic N) is 3. The zero-order valence-corrected chi connectivity index (χ0v) is 20.4. The Bertz CT molecular complexity index is 1050. The fourth-order valence-electron chi connectivity index (χ4n) is 4.24. The van der Waals surface area contributed by atoms with Crippen molar-refractivity contribution in [1.82, 2.24) is 25.4 Å². The van der Waals surface area contributed by atoms with Crippen LogP contribution in [0.4, 0.5) is 10.6 Å². The number of alkyl carbamates (subject to hydrolysis) is 1. The number of carbonyl (C=O) groups is 2. The first-order valence-electron chi connectivity index (χ1n) is 10.9. The molecule has 0 spiro atoms. The molecule has 1 saturated carbocycles. The fourth-order valence-corrected chi connectivity index (χ4v) is 4.78. The fraction of sp³-hybridized carbons (Fsp3) is 0.545. The molecule has 172 valence electrons. The minimum absolute atomic E-state index is 0.00932. The summed E-state index contributed by atoms with van der Waals surface area (Å²) in [5.41, 5.74) is 2.27. The second-order valence-corrected chi connectivity index (χ2v) is 10.1. The van der Waals surface area contributed by atoms with E-state index in [4.69, 9.17) is 9.72 Å². The van der Waals surface area contributed by atoms with Gasteiger partial charge in [-0.15, -0.1) is 0 Å². The molecule has 0 bridgehead atoms. The molecule has 32 heavy (non-hydrogen) atoms. The van der Waals surface area contributed by atoms with Crippen LogP contribution in [0.3, 0.4) is 0 Å². The number of aryl methyl sites for hydroxylation is 1. The number of carbonyl (C=O) groups excluding carboxylic acids is 2. The molecule has 1 aliphatic heterocycles. The second-order valence-electron chi connectivity index (χ2n) is 9.35. The summed E-state index contributed by atoms with van der Waals surface area (Å²) in [6.45, 7) is 5.99. The molecule has 4 rings (SSSR count). The normalized spacial score (nSPS) is 20.5. The minimum atomic E-state index is -0.551. The lowest BCUT2D eigenvalue weighted by Crippen LogP contribution is -2.50. The predicted molar refractivity (Wildman–Crippen MR) is 124 cm³/mol. The van der Waals surface area contributed by atoms with Crippen LogP contribution in [0.1, 0.15) is 62.4 Å². The summed E-state index contributed by atoms with van der Waals surface area (Å²) >= 11 is 3.66. The number of aromatic nitrogens is 3. The van der Waals surface area contributed by atoms with Gasteiger partial charge in [0.25, 0.3) is 5.91 Å². The van der Waals surface area contributed by atoms with Crippen LogP contribution in [0, 0.1) is 0 Å². The number of ether oxygens (including phenoxy) is 1. The third-order valence-electron chi connectivity index (χ3n) is 5.66. The number of hydrogen-bond acceptors (Lipinski definition) is 6. The second kappa shape index (κ2) is 8.73. The van der Waals surface area contributed by atoms with Gasteiger partial charge in [0.05, 0.1) is 28.0 Å². The molecular weight excluding hydrogens is 476 g/mol. The molecule has 3 heterocycles. The lowest BCUT2D eigenvalue weighted by atomic mass is 9.90. The van der Waals surface area contributed by atoms with E-state index in [1.54, 1.807) is 10.9 Å². The highest BCUT2D eigenvalue weighted by Gasteiger charge is 2.33. The van der Waals surface area contributed by atoms with Crippen molar-refractivity contribution in [3.63, 3.8) is 0 Å². The van der Waals surface area contributed by atoms with E-state index < -0.39 is 11.7 Å². The predicted octanol–water partition coefficient (Wildman–Crippen LogP) is 3.74. The third kappa shape index (κ3) is 4.74. The summed E-state index contributed by atoms with van der Waals surface area (Å²) in [6.07, 6.45) is 6.99. The third-order valence-corrected chi connectivity index (χ3v) is 6.51. The van der Waals surface area contributed by atoms with Gasteiger partial charge in [-0.05, 0) is 49.5 Å². The lowest BCUT2D eigenvalue weighted by Gasteiger charge is -2.34. The van der Waals surface area contributed by atoms with Crippen molar-refractivity contribution in [2.45, 2.75) is 70.7 Å². The number of amides is 2. The van der Waals surface area contributed by atoms with Crippen molar-refractivity contribution in [2.24, 2.45) is 7.05 Å². The number of rotatable bonds is 4. The van der Waals surface area contributed by atoms with Crippen LogP contribution in [-0.2, 0) is 18.3 Å². The van der Waals surface area contributed by atoms with Crippen molar-refractivity contribution < 1.29 is 14.3 Å². The molecule has 0 radical (unpaired) electrons. The Kier molecular flexibility index (Phi) is 6.15. The summed E-state index contributed by atoms with van der Waals surface area (Å²) in [5, 5.41) is 13.7. The smallest absolute Gasteiger partial charge is 0.407 e. The highest BCUT2D eigenvalue weighted by molar-refractivity contribution is 9.10. The van der Waals surface area contributed by atoms with Crippen LogP contribution < -0.4 is 16.0 Å². The van der Waals surface area contributed by atoms with Crippen LogP contribution in [0.5, 0.6) is 0 Å². The lowest BCUT2D eigenvalue weighted by molar-refractivity contribution is 0.0488. The van der Waals surface area contributed by atoms with Crippen LogP contribution in [0.2, 0.25) is 0 Å². The molecule has 2 aromatic rings. The van der Waals surface area contributed by atoms with E-state index in [0.29, 0.717) is 23.6 Å². The molecule has 0 aromatic carbocycles. The van der Waals surface area contributed by atoms with Crippen molar-refractivity contribution in [3.8, 4) is 11.3 Å². The van der Waals surface area contributed by atoms with Crippen molar-refractivity contribution in [1.29, 1.82) is 0 Å². The molecule has 1 fully saturated rings. The Labute approximate surface area is 195 Å². The highest BCUT2D eigenvalue weighted by Crippen LogP contribution is 2.37. The first-order chi connectivity index (χ1) is 15.1. The van der Waals surface area contributed by atoms with Gasteiger partial charge < -0.3 is 20.7 Å². The van der Waals surface area contributed by atoms with Gasteiger partial charge in [-0.1, -0.05) is 12.8 Å². The number of fused-ring (bicyclic) bond motifs is 1. The van der Waals surface area contributed by atoms with Gasteiger partial charge in [-0.3, -0.25) is 9.48 Å². The van der Waals surface area contributed by atoms with Gasteiger partial charge in [0.15, 0.2) is 0 Å². The monoisotopic (exact) mass is 504 g/mol. The molecule has 1 aliphatic carbocycles. The maximum absolute atomic E-state index is 12.5. The Balaban J connectivity index is 1.63. The van der Waals surface area contributed by atoms with E-state index >= 15 is 0 Å². The standard InChI is InChI=1S/C22H29BrN6O3/c1-22(2,3)32-21(31)27-15-8-6-5-7-14(15)26-19-17(23)13-10-24-20(30)16(13)18(28-19)12-9-25-29(4)11-12/h9,11,14-15H,5-8,10H2,1-4H3,(H,24,30)(H,26,28)(H,27,31). The zero-order valence-electron chi connectivity index (χ0n) is 18.8. The Hall–Kier alpha value is -2.62. The van der Waals surface area contributed by atoms with Gasteiger partial charge in [-0.2, -0.15) is 5.10 Å². The Morgan fingerprint density at radius 3 is 2.66 bits per heavy atom. The first kappa shape index (κ1) is 22.6. The Morgan fingerprint density at radius 1 is 1.28 bits per heavy atom. The van der Waals surface area contributed by atoms with Crippen LogP contribution >= 0.6 is 15.9 Å². The first-order valence-corrected chi connectivity index (χ1v) is 11.7. The van der Waals surface area contributed by atoms with Crippen LogP contribution in [0.15, 0.2) is 16.9 Å². The van der Waals surface area contributed by atoms with Gasteiger partial charge in [-0.25, -0.2) is 9.78 Å². The molecule has 2 aliphatic rings. The van der Waals surface area contributed by atoms with E-state index in [9.17, 15) is 9.59 Å². The average molecular weight is 505 g/mol. The maximum Gasteiger partial charge on any atom is 0.407 e. The molecule has 3 N–H and O–H groups in total. The van der Waals surface area contributed by atoms with E-state index in [1.807, 2.05) is 34.0 Å². The molecule has 2 aromatic heterocycles. The van der Waals surface area contributed by atoms with Crippen LogP contribution in [0.25, 0.3) is 11.3 Å². The molecule has 9 nitrogen and oxygen atoms in total.